The van der Waals surface area contributed by atoms with Crippen molar-refractivity contribution in [3.8, 4) is 11.1 Å². The maximum atomic E-state index is 10.7. The lowest BCUT2D eigenvalue weighted by atomic mass is 10.2. The van der Waals surface area contributed by atoms with Gasteiger partial charge in [-0.25, -0.2) is 0 Å². The van der Waals surface area contributed by atoms with Crippen molar-refractivity contribution < 1.29 is 19.1 Å². The largest absolute Gasteiger partial charge is 0.468 e. The van der Waals surface area contributed by atoms with Crippen LogP contribution in [0, 0.1) is 5.92 Å². The van der Waals surface area contributed by atoms with Crippen molar-refractivity contribution in [3.05, 3.63) is 24.3 Å². The Kier molecular flexibility index (Phi) is 4.66. The van der Waals surface area contributed by atoms with Gasteiger partial charge in [-0.3, -0.25) is 15.3 Å². The number of ether oxygens (including phenoxy) is 2. The predicted molar refractivity (Wildman–Crippen MR) is 61.8 cm³/mol. The number of nitrogens with two attached hydrogens (primary N) is 1. The van der Waals surface area contributed by atoms with Gasteiger partial charge in [0.2, 0.25) is 0 Å². The smallest absolute Gasteiger partial charge is 0.321 e. The Labute approximate surface area is 99.5 Å². The second-order valence-electron chi connectivity index (χ2n) is 3.46. The molecule has 2 N–H and O–H groups in total. The van der Waals surface area contributed by atoms with E-state index in [0.717, 1.165) is 0 Å². The maximum Gasteiger partial charge on any atom is 0.321 e. The zero-order valence-corrected chi connectivity index (χ0v) is 9.80. The van der Waals surface area contributed by atoms with Crippen molar-refractivity contribution in [2.24, 2.45) is 11.7 Å². The molecule has 5 heteroatoms. The molecule has 0 aromatic heterocycles. The minimum atomic E-state index is -0.899. The third kappa shape index (κ3) is 3.88. The van der Waals surface area contributed by atoms with Crippen LogP contribution in [-0.4, -0.2) is 25.8 Å². The number of esters is 2. The molecule has 2 aliphatic rings. The minimum absolute atomic E-state index is 0.222. The van der Waals surface area contributed by atoms with Crippen LogP contribution in [0.2, 0.25) is 0 Å². The van der Waals surface area contributed by atoms with Gasteiger partial charge in [0.1, 0.15) is 6.73 Å². The zero-order valence-electron chi connectivity index (χ0n) is 9.80. The highest BCUT2D eigenvalue weighted by atomic mass is 16.6. The number of hydrogen-bond acceptors (Lipinski definition) is 5. The zero-order chi connectivity index (χ0) is 12.8. The summed E-state index contributed by atoms with van der Waals surface area (Å²) >= 11 is 0. The maximum absolute atomic E-state index is 10.7. The molecular formula is C12H15NO4. The normalized spacial score (nSPS) is 11.7. The topological polar surface area (TPSA) is 78.6 Å². The van der Waals surface area contributed by atoms with E-state index in [2.05, 4.69) is 33.7 Å². The Hall–Kier alpha value is -1.88. The van der Waals surface area contributed by atoms with Crippen LogP contribution in [-0.2, 0) is 19.1 Å². The summed E-state index contributed by atoms with van der Waals surface area (Å²) in [6, 6.07) is 8.48. The summed E-state index contributed by atoms with van der Waals surface area (Å²) in [6.45, 7) is 1.17. The van der Waals surface area contributed by atoms with Crippen LogP contribution >= 0.6 is 0 Å². The Morgan fingerprint density at radius 2 is 1.88 bits per heavy atom. The lowest BCUT2D eigenvalue weighted by molar-refractivity contribution is -0.159. The van der Waals surface area contributed by atoms with Crippen molar-refractivity contribution in [2.45, 2.75) is 6.92 Å². The minimum Gasteiger partial charge on any atom is -0.468 e. The Bertz CT molecular complexity index is 399. The van der Waals surface area contributed by atoms with E-state index in [1.807, 2.05) is 0 Å². The predicted octanol–water partition coefficient (Wildman–Crippen LogP) is 0.922. The van der Waals surface area contributed by atoms with Crippen molar-refractivity contribution >= 4 is 11.9 Å². The molecule has 2 rings (SSSR count). The van der Waals surface area contributed by atoms with E-state index in [9.17, 15) is 9.59 Å². The summed E-state index contributed by atoms with van der Waals surface area (Å²) in [6.07, 6.45) is 0. The van der Waals surface area contributed by atoms with Crippen LogP contribution in [0.1, 0.15) is 6.92 Å². The Morgan fingerprint density at radius 1 is 1.29 bits per heavy atom. The second kappa shape index (κ2) is 6.00. The van der Waals surface area contributed by atoms with Gasteiger partial charge >= 0.3 is 11.9 Å². The lowest BCUT2D eigenvalue weighted by Gasteiger charge is -2.06. The highest BCUT2D eigenvalue weighted by Gasteiger charge is 2.22. The van der Waals surface area contributed by atoms with E-state index in [1.165, 1.54) is 25.2 Å². The van der Waals surface area contributed by atoms with E-state index in [0.29, 0.717) is 0 Å². The van der Waals surface area contributed by atoms with Gasteiger partial charge < -0.3 is 9.47 Å². The number of carbonyl (C=O) groups excluding carboxylic acids is 2. The van der Waals surface area contributed by atoms with Gasteiger partial charge in [-0.15, -0.1) is 0 Å². The van der Waals surface area contributed by atoms with Crippen molar-refractivity contribution in [1.29, 1.82) is 0 Å². The van der Waals surface area contributed by atoms with Gasteiger partial charge in [0.25, 0.3) is 0 Å². The summed E-state index contributed by atoms with van der Waals surface area (Å²) in [5.74, 6) is -2.19. The van der Waals surface area contributed by atoms with Crippen LogP contribution in [0.15, 0.2) is 24.3 Å². The number of rotatable bonds is 3. The molecule has 0 saturated carbocycles. The average molecular weight is 237 g/mol. The first kappa shape index (κ1) is 13.2. The second-order valence-corrected chi connectivity index (χ2v) is 3.46. The average Bonchev–Trinajstić information content (AvgIpc) is 2.95. The van der Waals surface area contributed by atoms with Gasteiger partial charge in [0.15, 0.2) is 5.92 Å². The fourth-order valence-electron chi connectivity index (χ4n) is 1.16. The molecule has 5 nitrogen and oxygen atoms in total. The van der Waals surface area contributed by atoms with E-state index >= 15 is 0 Å². The monoisotopic (exact) mass is 237 g/mol. The van der Waals surface area contributed by atoms with Gasteiger partial charge in [0.05, 0.1) is 7.11 Å². The molecule has 0 amide bonds. The van der Waals surface area contributed by atoms with E-state index < -0.39 is 17.9 Å². The number of carbonyl (C=O) groups is 2. The first-order chi connectivity index (χ1) is 8.10. The number of fused-ring (bicyclic) bond motifs is 1. The molecule has 0 aromatic rings. The summed E-state index contributed by atoms with van der Waals surface area (Å²) in [4.78, 5) is 21.4. The molecule has 0 fully saturated rings. The lowest BCUT2D eigenvalue weighted by Crippen LogP contribution is -2.26. The van der Waals surface area contributed by atoms with Crippen LogP contribution in [0.3, 0.4) is 0 Å². The summed E-state index contributed by atoms with van der Waals surface area (Å²) < 4.78 is 8.66. The van der Waals surface area contributed by atoms with E-state index in [1.54, 1.807) is 0 Å². The van der Waals surface area contributed by atoms with Crippen molar-refractivity contribution in [1.82, 2.24) is 0 Å². The molecule has 0 spiro atoms. The summed E-state index contributed by atoms with van der Waals surface area (Å²) in [7, 11) is 1.20. The van der Waals surface area contributed by atoms with Gasteiger partial charge in [-0.2, -0.15) is 0 Å². The number of hydrogen-bond donors (Lipinski definition) is 1. The summed E-state index contributed by atoms with van der Waals surface area (Å²) in [5.41, 5.74) is 7.77. The molecule has 0 aromatic carbocycles. The number of methoxy groups -OCH3 is 1. The third-order valence-corrected chi connectivity index (χ3v) is 2.25. The first-order valence-electron chi connectivity index (χ1n) is 5.15. The van der Waals surface area contributed by atoms with Crippen LogP contribution in [0.25, 0.3) is 11.1 Å². The Morgan fingerprint density at radius 3 is 2.18 bits per heavy atom. The molecule has 0 bridgehead atoms. The first-order valence-corrected chi connectivity index (χ1v) is 5.15. The highest BCUT2D eigenvalue weighted by molar-refractivity contribution is 5.94. The molecule has 17 heavy (non-hydrogen) atoms. The van der Waals surface area contributed by atoms with Crippen molar-refractivity contribution in [3.63, 3.8) is 0 Å². The fourth-order valence-corrected chi connectivity index (χ4v) is 1.16. The van der Waals surface area contributed by atoms with Crippen LogP contribution in [0.5, 0.6) is 0 Å². The highest BCUT2D eigenvalue weighted by Crippen LogP contribution is 2.32. The van der Waals surface area contributed by atoms with Gasteiger partial charge in [-0.1, -0.05) is 18.2 Å². The molecule has 1 unspecified atom stereocenters. The quantitative estimate of drug-likeness (QED) is 0.488. The van der Waals surface area contributed by atoms with E-state index in [-0.39, 0.29) is 6.73 Å². The molecular weight excluding hydrogens is 222 g/mol. The standard InChI is InChI=1S/C6H11NO4.C6H4/c1-4(5(8)10-2)6(9)11-3-7;1-2-5-4-6(5)3-1/h4H,3,7H2,1-2H3;1-4H. The van der Waals surface area contributed by atoms with Gasteiger partial charge in [-0.05, 0) is 24.1 Å². The van der Waals surface area contributed by atoms with Crippen LogP contribution < -0.4 is 5.73 Å². The molecule has 92 valence electrons. The number of benzene rings is 1. The molecule has 0 saturated heterocycles. The molecule has 2 aliphatic carbocycles. The molecule has 0 aliphatic heterocycles. The SMILES string of the molecule is COC(=O)C(C)C(=O)OCN.c1cc2cc-2c1. The molecule has 1 atom stereocenters. The van der Waals surface area contributed by atoms with E-state index in [4.69, 9.17) is 5.73 Å². The third-order valence-electron chi connectivity index (χ3n) is 2.25. The van der Waals surface area contributed by atoms with Gasteiger partial charge in [0, 0.05) is 0 Å². The van der Waals surface area contributed by atoms with Crippen LogP contribution in [0.4, 0.5) is 0 Å². The van der Waals surface area contributed by atoms with Crippen molar-refractivity contribution in [2.75, 3.05) is 13.8 Å². The molecule has 0 heterocycles. The Balaban J connectivity index is 0.000000196. The molecule has 0 radical (unpaired) electrons. The summed E-state index contributed by atoms with van der Waals surface area (Å²) in [5, 5.41) is 0. The fraction of sp³-hybridized carbons (Fsp3) is 0.333.